The summed E-state index contributed by atoms with van der Waals surface area (Å²) in [7, 11) is 0. The van der Waals surface area contributed by atoms with Crippen molar-refractivity contribution in [1.29, 1.82) is 0 Å². The van der Waals surface area contributed by atoms with Gasteiger partial charge < -0.3 is 14.6 Å². The Kier molecular flexibility index (Phi) is 4.18. The molecule has 0 radical (unpaired) electrons. The van der Waals surface area contributed by atoms with E-state index in [0.717, 1.165) is 12.3 Å². The molecule has 2 aliphatic carbocycles. The highest BCUT2D eigenvalue weighted by Gasteiger charge is 2.41. The first-order valence-electron chi connectivity index (χ1n) is 6.28. The van der Waals surface area contributed by atoms with E-state index in [2.05, 4.69) is 6.58 Å². The molecule has 0 heterocycles. The summed E-state index contributed by atoms with van der Waals surface area (Å²) >= 11 is 0. The summed E-state index contributed by atoms with van der Waals surface area (Å²) in [6.45, 7) is 3.96. The first-order chi connectivity index (χ1) is 8.20. The first-order valence-corrected chi connectivity index (χ1v) is 6.28. The van der Waals surface area contributed by atoms with E-state index in [-0.39, 0.29) is 31.9 Å². The second-order valence-electron chi connectivity index (χ2n) is 5.00. The average Bonchev–Trinajstić information content (AvgIpc) is 2.91. The van der Waals surface area contributed by atoms with Gasteiger partial charge in [-0.05, 0) is 37.5 Å². The Morgan fingerprint density at radius 3 is 2.76 bits per heavy atom. The molecule has 17 heavy (non-hydrogen) atoms. The van der Waals surface area contributed by atoms with Crippen LogP contribution in [0.3, 0.4) is 0 Å². The van der Waals surface area contributed by atoms with Crippen LogP contribution in [0.5, 0.6) is 0 Å². The average molecular weight is 240 g/mol. The summed E-state index contributed by atoms with van der Waals surface area (Å²) in [6, 6.07) is 0. The largest absolute Gasteiger partial charge is 0.459 e. The molecule has 1 N–H and O–H groups in total. The van der Waals surface area contributed by atoms with E-state index in [4.69, 9.17) is 14.6 Å². The summed E-state index contributed by atoms with van der Waals surface area (Å²) in [5, 5.41) is 8.55. The molecular weight excluding hydrogens is 220 g/mol. The van der Waals surface area contributed by atoms with Gasteiger partial charge in [-0.25, -0.2) is 4.79 Å². The monoisotopic (exact) mass is 240 g/mol. The molecule has 0 spiro atoms. The maximum atomic E-state index is 11.7. The quantitative estimate of drug-likeness (QED) is 0.432. The lowest BCUT2D eigenvalue weighted by Gasteiger charge is -2.22. The van der Waals surface area contributed by atoms with Crippen LogP contribution in [0.15, 0.2) is 12.2 Å². The molecule has 2 fully saturated rings. The first kappa shape index (κ1) is 12.6. The van der Waals surface area contributed by atoms with Gasteiger partial charge in [-0.2, -0.15) is 0 Å². The van der Waals surface area contributed by atoms with E-state index >= 15 is 0 Å². The molecule has 0 amide bonds. The number of rotatable bonds is 6. The summed E-state index contributed by atoms with van der Waals surface area (Å²) in [5.74, 6) is 0.979. The van der Waals surface area contributed by atoms with Gasteiger partial charge in [0, 0.05) is 0 Å². The summed E-state index contributed by atoms with van der Waals surface area (Å²) in [5.41, 5.74) is 0.334. The molecule has 3 atom stereocenters. The van der Waals surface area contributed by atoms with E-state index in [1.54, 1.807) is 0 Å². The lowest BCUT2D eigenvalue weighted by Crippen LogP contribution is -2.25. The van der Waals surface area contributed by atoms with Crippen LogP contribution in [-0.4, -0.2) is 37.0 Å². The molecule has 2 aliphatic rings. The van der Waals surface area contributed by atoms with Crippen LogP contribution < -0.4 is 0 Å². The summed E-state index contributed by atoms with van der Waals surface area (Å²) < 4.78 is 10.5. The number of fused-ring (bicyclic) bond motifs is 2. The van der Waals surface area contributed by atoms with Gasteiger partial charge in [-0.1, -0.05) is 6.58 Å². The predicted octanol–water partition coefficient (Wildman–Crippen LogP) is 1.28. The molecule has 96 valence electrons. The number of hydrogen-bond donors (Lipinski definition) is 1. The zero-order chi connectivity index (χ0) is 12.3. The van der Waals surface area contributed by atoms with Gasteiger partial charge in [0.05, 0.1) is 25.4 Å². The highest BCUT2D eigenvalue weighted by atomic mass is 16.5. The Bertz CT molecular complexity index is 300. The number of hydrogen-bond acceptors (Lipinski definition) is 4. The van der Waals surface area contributed by atoms with Crippen LogP contribution in [0.2, 0.25) is 0 Å². The molecule has 0 aliphatic heterocycles. The fourth-order valence-corrected chi connectivity index (χ4v) is 2.87. The smallest absolute Gasteiger partial charge is 0.336 e. The van der Waals surface area contributed by atoms with Crippen LogP contribution in [0.4, 0.5) is 0 Å². The summed E-state index contributed by atoms with van der Waals surface area (Å²) in [6.07, 6.45) is 4.80. The van der Waals surface area contributed by atoms with E-state index < -0.39 is 0 Å². The number of ether oxygens (including phenoxy) is 2. The van der Waals surface area contributed by atoms with Crippen LogP contribution >= 0.6 is 0 Å². The number of aliphatic hydroxyl groups is 1. The van der Waals surface area contributed by atoms with Gasteiger partial charge in [0.1, 0.15) is 6.10 Å². The minimum absolute atomic E-state index is 0.0469. The fraction of sp³-hybridized carbons (Fsp3) is 0.769. The van der Waals surface area contributed by atoms with Crippen molar-refractivity contribution < 1.29 is 19.4 Å². The van der Waals surface area contributed by atoms with Crippen LogP contribution in [-0.2, 0) is 14.3 Å². The molecule has 2 bridgehead atoms. The Balaban J connectivity index is 1.71. The van der Waals surface area contributed by atoms with Crippen molar-refractivity contribution >= 4 is 5.97 Å². The van der Waals surface area contributed by atoms with Gasteiger partial charge in [0.25, 0.3) is 0 Å². The Hall–Kier alpha value is -0.870. The highest BCUT2D eigenvalue weighted by Crippen LogP contribution is 2.45. The van der Waals surface area contributed by atoms with Gasteiger partial charge in [-0.15, -0.1) is 0 Å². The van der Waals surface area contributed by atoms with Gasteiger partial charge in [-0.3, -0.25) is 0 Å². The maximum Gasteiger partial charge on any atom is 0.336 e. The molecule has 4 heteroatoms. The van der Waals surface area contributed by atoms with E-state index in [1.807, 2.05) is 0 Å². The van der Waals surface area contributed by atoms with E-state index in [0.29, 0.717) is 11.5 Å². The van der Waals surface area contributed by atoms with Crippen molar-refractivity contribution in [3.8, 4) is 0 Å². The third kappa shape index (κ3) is 3.07. The normalized spacial score (nSPS) is 30.5. The minimum atomic E-state index is -0.347. The lowest BCUT2D eigenvalue weighted by molar-refractivity contribution is -0.147. The molecule has 2 rings (SSSR count). The fourth-order valence-electron chi connectivity index (χ4n) is 2.87. The third-order valence-corrected chi connectivity index (χ3v) is 3.73. The second-order valence-corrected chi connectivity index (χ2v) is 5.00. The molecule has 4 nitrogen and oxygen atoms in total. The number of aliphatic hydroxyl groups excluding tert-OH is 1. The zero-order valence-electron chi connectivity index (χ0n) is 10.1. The lowest BCUT2D eigenvalue weighted by atomic mass is 9.98. The predicted molar refractivity (Wildman–Crippen MR) is 62.4 cm³/mol. The maximum absolute atomic E-state index is 11.7. The molecule has 0 aromatic rings. The molecule has 0 saturated heterocycles. The van der Waals surface area contributed by atoms with Crippen LogP contribution in [0.1, 0.15) is 25.7 Å². The topological polar surface area (TPSA) is 55.8 Å². The Morgan fingerprint density at radius 1 is 1.35 bits per heavy atom. The highest BCUT2D eigenvalue weighted by molar-refractivity contribution is 5.88. The van der Waals surface area contributed by atoms with Crippen molar-refractivity contribution in [2.45, 2.75) is 31.8 Å². The van der Waals surface area contributed by atoms with Crippen LogP contribution in [0.25, 0.3) is 0 Å². The van der Waals surface area contributed by atoms with Crippen molar-refractivity contribution in [1.82, 2.24) is 0 Å². The van der Waals surface area contributed by atoms with E-state index in [1.165, 1.54) is 19.3 Å². The Labute approximate surface area is 102 Å². The molecule has 0 aromatic carbocycles. The van der Waals surface area contributed by atoms with Crippen LogP contribution in [0, 0.1) is 11.8 Å². The number of carbonyl (C=O) groups excluding carboxylic acids is 1. The molecule has 0 aromatic heterocycles. The standard InChI is InChI=1S/C13H20O4/c1-9(8-16-5-4-14)13(15)17-12-7-10-2-3-11(12)6-10/h10-12,14H,1-8H2. The van der Waals surface area contributed by atoms with Crippen molar-refractivity contribution in [3.63, 3.8) is 0 Å². The van der Waals surface area contributed by atoms with Gasteiger partial charge in [0.15, 0.2) is 0 Å². The van der Waals surface area contributed by atoms with Gasteiger partial charge in [0.2, 0.25) is 0 Å². The van der Waals surface area contributed by atoms with Crippen molar-refractivity contribution in [2.24, 2.45) is 11.8 Å². The van der Waals surface area contributed by atoms with E-state index in [9.17, 15) is 4.79 Å². The SMILES string of the molecule is C=C(COCCO)C(=O)OC1CC2CCC1C2. The minimum Gasteiger partial charge on any atom is -0.459 e. The number of carbonyl (C=O) groups is 1. The third-order valence-electron chi connectivity index (χ3n) is 3.73. The zero-order valence-corrected chi connectivity index (χ0v) is 10.1. The molecule has 3 unspecified atom stereocenters. The molecular formula is C13H20O4. The summed E-state index contributed by atoms with van der Waals surface area (Å²) in [4.78, 5) is 11.7. The van der Waals surface area contributed by atoms with Crippen molar-refractivity contribution in [3.05, 3.63) is 12.2 Å². The molecule has 2 saturated carbocycles. The van der Waals surface area contributed by atoms with Crippen molar-refractivity contribution in [2.75, 3.05) is 19.8 Å². The Morgan fingerprint density at radius 2 is 2.18 bits per heavy atom. The number of esters is 1. The van der Waals surface area contributed by atoms with Gasteiger partial charge >= 0.3 is 5.97 Å². The second kappa shape index (κ2) is 5.65.